The van der Waals surface area contributed by atoms with Gasteiger partial charge in [0.25, 0.3) is 5.91 Å². The molecule has 31 heavy (non-hydrogen) atoms. The average molecular weight is 445 g/mol. The number of likely N-dealkylation sites (tertiary alicyclic amines) is 1. The number of amides is 2. The van der Waals surface area contributed by atoms with Crippen molar-refractivity contribution in [3.8, 4) is 0 Å². The van der Waals surface area contributed by atoms with Crippen LogP contribution in [0.3, 0.4) is 0 Å². The molecular formula is C24H32N2O4S. The number of carboxylic acids is 1. The molecule has 1 aliphatic heterocycles. The van der Waals surface area contributed by atoms with Crippen LogP contribution in [0.25, 0.3) is 0 Å². The second kappa shape index (κ2) is 9.55. The van der Waals surface area contributed by atoms with Crippen LogP contribution in [0.1, 0.15) is 72.7 Å². The summed E-state index contributed by atoms with van der Waals surface area (Å²) in [5.74, 6) is -1.90. The van der Waals surface area contributed by atoms with Gasteiger partial charge in [-0.15, -0.1) is 11.3 Å². The predicted molar refractivity (Wildman–Crippen MR) is 121 cm³/mol. The quantitative estimate of drug-likeness (QED) is 0.655. The summed E-state index contributed by atoms with van der Waals surface area (Å²) in [5.41, 5.74) is 1.78. The van der Waals surface area contributed by atoms with E-state index < -0.39 is 17.8 Å². The number of nitrogens with zero attached hydrogens (tertiary/aromatic N) is 1. The lowest BCUT2D eigenvalue weighted by molar-refractivity contribution is -0.146. The van der Waals surface area contributed by atoms with Crippen LogP contribution in [0.4, 0.5) is 5.00 Å². The lowest BCUT2D eigenvalue weighted by Gasteiger charge is -2.28. The molecule has 1 fully saturated rings. The van der Waals surface area contributed by atoms with E-state index in [2.05, 4.69) is 12.2 Å². The van der Waals surface area contributed by atoms with Crippen molar-refractivity contribution in [3.05, 3.63) is 28.2 Å². The fraction of sp³-hybridized carbons (Fsp3) is 0.625. The lowest BCUT2D eigenvalue weighted by Crippen LogP contribution is -2.37. The van der Waals surface area contributed by atoms with Crippen LogP contribution in [0.15, 0.2) is 12.2 Å². The van der Waals surface area contributed by atoms with Crippen molar-refractivity contribution in [1.29, 1.82) is 0 Å². The number of carbonyl (C=O) groups excluding carboxylic acids is 2. The average Bonchev–Trinajstić information content (AvgIpc) is 3.15. The highest BCUT2D eigenvalue weighted by Gasteiger charge is 2.36. The molecule has 2 amide bonds. The summed E-state index contributed by atoms with van der Waals surface area (Å²) in [4.78, 5) is 41.5. The molecule has 0 saturated carbocycles. The zero-order valence-electron chi connectivity index (χ0n) is 18.2. The Hall–Kier alpha value is -2.15. The van der Waals surface area contributed by atoms with Gasteiger partial charge in [0.05, 0.1) is 17.4 Å². The second-order valence-corrected chi connectivity index (χ2v) is 10.2. The van der Waals surface area contributed by atoms with E-state index in [1.165, 1.54) is 16.2 Å². The Morgan fingerprint density at radius 2 is 1.84 bits per heavy atom. The van der Waals surface area contributed by atoms with Gasteiger partial charge in [-0.2, -0.15) is 0 Å². The fourth-order valence-electron chi connectivity index (χ4n) is 5.15. The van der Waals surface area contributed by atoms with E-state index in [9.17, 15) is 19.5 Å². The molecule has 4 rings (SSSR count). The molecule has 168 valence electrons. The molecule has 6 nitrogen and oxygen atoms in total. The Morgan fingerprint density at radius 3 is 2.52 bits per heavy atom. The van der Waals surface area contributed by atoms with Crippen molar-refractivity contribution in [2.75, 3.05) is 18.4 Å². The normalized spacial score (nSPS) is 25.7. The van der Waals surface area contributed by atoms with Gasteiger partial charge in [0.15, 0.2) is 0 Å². The third-order valence-corrected chi connectivity index (χ3v) is 8.29. The molecule has 0 spiro atoms. The van der Waals surface area contributed by atoms with Gasteiger partial charge in [0.2, 0.25) is 5.91 Å². The summed E-state index contributed by atoms with van der Waals surface area (Å²) in [6.45, 7) is 3.74. The summed E-state index contributed by atoms with van der Waals surface area (Å²) in [7, 11) is 0. The summed E-state index contributed by atoms with van der Waals surface area (Å²) in [6, 6.07) is 0. The maximum Gasteiger partial charge on any atom is 0.307 e. The highest BCUT2D eigenvalue weighted by atomic mass is 32.1. The first-order valence-corrected chi connectivity index (χ1v) is 12.4. The molecule has 2 heterocycles. The molecule has 1 aromatic heterocycles. The first kappa shape index (κ1) is 22.1. The van der Waals surface area contributed by atoms with Crippen LogP contribution >= 0.6 is 11.3 Å². The number of hydrogen-bond acceptors (Lipinski definition) is 4. The summed E-state index contributed by atoms with van der Waals surface area (Å²) in [5, 5.41) is 13.2. The number of rotatable bonds is 5. The molecule has 2 N–H and O–H groups in total. The second-order valence-electron chi connectivity index (χ2n) is 9.06. The van der Waals surface area contributed by atoms with Crippen LogP contribution in [-0.2, 0) is 22.4 Å². The smallest absolute Gasteiger partial charge is 0.307 e. The first-order valence-electron chi connectivity index (χ1n) is 11.6. The van der Waals surface area contributed by atoms with E-state index in [0.717, 1.165) is 63.6 Å². The Labute approximate surface area is 187 Å². The number of nitrogens with one attached hydrogen (secondary N) is 1. The number of aliphatic carboxylic acids is 1. The maximum atomic E-state index is 13.5. The topological polar surface area (TPSA) is 86.7 Å². The van der Waals surface area contributed by atoms with Crippen molar-refractivity contribution < 1.29 is 19.5 Å². The molecule has 0 aromatic carbocycles. The Kier molecular flexibility index (Phi) is 6.80. The zero-order chi connectivity index (χ0) is 22.0. The van der Waals surface area contributed by atoms with Crippen molar-refractivity contribution in [2.45, 2.75) is 64.7 Å². The Bertz CT molecular complexity index is 884. The van der Waals surface area contributed by atoms with Crippen molar-refractivity contribution in [3.63, 3.8) is 0 Å². The van der Waals surface area contributed by atoms with E-state index >= 15 is 0 Å². The first-order chi connectivity index (χ1) is 15.0. The van der Waals surface area contributed by atoms with E-state index in [4.69, 9.17) is 0 Å². The summed E-state index contributed by atoms with van der Waals surface area (Å²) in [6.07, 6.45) is 11.7. The van der Waals surface area contributed by atoms with Crippen LogP contribution in [-0.4, -0.2) is 40.9 Å². The van der Waals surface area contributed by atoms with Gasteiger partial charge in [-0.25, -0.2) is 0 Å². The fourth-order valence-corrected chi connectivity index (χ4v) is 6.51. The molecule has 7 heteroatoms. The Morgan fingerprint density at radius 1 is 1.13 bits per heavy atom. The minimum Gasteiger partial charge on any atom is -0.481 e. The van der Waals surface area contributed by atoms with Gasteiger partial charge in [0, 0.05) is 18.0 Å². The molecule has 3 atom stereocenters. The zero-order valence-corrected chi connectivity index (χ0v) is 19.0. The van der Waals surface area contributed by atoms with E-state index in [-0.39, 0.29) is 11.8 Å². The molecule has 1 aromatic rings. The number of carbonyl (C=O) groups is 3. The minimum atomic E-state index is -0.939. The number of hydrogen-bond donors (Lipinski definition) is 2. The van der Waals surface area contributed by atoms with Crippen LogP contribution in [0, 0.1) is 17.8 Å². The minimum absolute atomic E-state index is 0.0285. The molecule has 0 bridgehead atoms. The van der Waals surface area contributed by atoms with E-state index in [0.29, 0.717) is 29.3 Å². The lowest BCUT2D eigenvalue weighted by atomic mass is 9.82. The van der Waals surface area contributed by atoms with Gasteiger partial charge in [-0.05, 0) is 62.8 Å². The number of anilines is 1. The largest absolute Gasteiger partial charge is 0.481 e. The van der Waals surface area contributed by atoms with Crippen molar-refractivity contribution in [2.24, 2.45) is 17.8 Å². The van der Waals surface area contributed by atoms with Gasteiger partial charge < -0.3 is 15.3 Å². The molecule has 3 aliphatic rings. The third kappa shape index (κ3) is 4.56. The van der Waals surface area contributed by atoms with E-state index in [1.54, 1.807) is 0 Å². The maximum absolute atomic E-state index is 13.5. The summed E-state index contributed by atoms with van der Waals surface area (Å²) < 4.78 is 0. The third-order valence-electron chi connectivity index (χ3n) is 7.12. The van der Waals surface area contributed by atoms with Crippen LogP contribution in [0.5, 0.6) is 0 Å². The Balaban J connectivity index is 1.63. The number of carboxylic acid groups (broad SMARTS) is 1. The van der Waals surface area contributed by atoms with Gasteiger partial charge >= 0.3 is 5.97 Å². The number of thiophene rings is 1. The molecule has 2 aliphatic carbocycles. The molecule has 0 radical (unpaired) electrons. The molecule has 1 saturated heterocycles. The molecular weight excluding hydrogens is 412 g/mol. The number of allylic oxidation sites excluding steroid dienone is 2. The SMILES string of the molecule is CC[C@@H]1CCc2c(sc(NC(=O)[C@@H]3CC=CC[C@H]3C(=O)O)c2C(=O)N2CCCCC2)C1. The van der Waals surface area contributed by atoms with Crippen LogP contribution in [0.2, 0.25) is 0 Å². The van der Waals surface area contributed by atoms with Gasteiger partial charge in [-0.3, -0.25) is 14.4 Å². The van der Waals surface area contributed by atoms with E-state index in [1.807, 2.05) is 17.1 Å². The highest BCUT2D eigenvalue weighted by Crippen LogP contribution is 2.42. The van der Waals surface area contributed by atoms with Crippen molar-refractivity contribution in [1.82, 2.24) is 4.90 Å². The number of piperidine rings is 1. The predicted octanol–water partition coefficient (Wildman–Crippen LogP) is 4.49. The number of fused-ring (bicyclic) bond motifs is 1. The monoisotopic (exact) mass is 444 g/mol. The highest BCUT2D eigenvalue weighted by molar-refractivity contribution is 7.17. The molecule has 0 unspecified atom stereocenters. The van der Waals surface area contributed by atoms with Crippen molar-refractivity contribution >= 4 is 34.1 Å². The standard InChI is InChI=1S/C24H32N2O4S/c1-2-15-10-11-18-19(14-15)31-22(20(18)23(28)26-12-6-3-7-13-26)25-21(27)16-8-4-5-9-17(16)24(29)30/h4-5,15-17H,2-3,6-14H2,1H3,(H,25,27)(H,29,30)/t15-,16-,17-/m1/s1. The van der Waals surface area contributed by atoms with Gasteiger partial charge in [-0.1, -0.05) is 25.5 Å². The van der Waals surface area contributed by atoms with Crippen LogP contribution < -0.4 is 5.32 Å². The summed E-state index contributed by atoms with van der Waals surface area (Å²) >= 11 is 1.53. The van der Waals surface area contributed by atoms with Gasteiger partial charge in [0.1, 0.15) is 5.00 Å².